The zero-order valence-electron chi connectivity index (χ0n) is 31.2. The fourth-order valence-corrected chi connectivity index (χ4v) is 9.29. The maximum Gasteiger partial charge on any atom is 0.253 e. The van der Waals surface area contributed by atoms with Crippen molar-refractivity contribution in [1.82, 2.24) is 19.5 Å². The summed E-state index contributed by atoms with van der Waals surface area (Å²) in [6.07, 6.45) is 9.60. The standard InChI is InChI=1S/C15H26N2O2S.C8H14N2.C8H13NO.C7H11NO.5CH4/c1-9(2)12-7-13(10(3)4)15(20(18,19)17-16)14(8-12)11(5)6;1-9-8-6-10-4-2-7(8)3-5-10;10-6-8-5-9-3-1-7(8)2-4-9;9-7-5-8-3-1-6(7)2-4-8;;;;;/h7-11,17H,16H2,1-6H3;7H,2-6H2,1H3;5,7,10H,1-4,6H2;6H,1-5H2;5*1H4. The average molecular weight is 781 g/mol. The number of sulfonamides is 1. The van der Waals surface area contributed by atoms with Crippen molar-refractivity contribution in [2.75, 3.05) is 66.0 Å². The fourth-order valence-electron chi connectivity index (χ4n) is 7.97. The van der Waals surface area contributed by atoms with E-state index in [1.165, 1.54) is 63.1 Å². The van der Waals surface area contributed by atoms with Crippen LogP contribution >= 0.6 is 0 Å². The number of ketones is 1. The summed E-state index contributed by atoms with van der Waals surface area (Å²) in [6, 6.07) is 3.98. The molecule has 7 fully saturated rings. The molecule has 0 unspecified atom stereocenters. The highest BCUT2D eigenvalue weighted by atomic mass is 32.2. The van der Waals surface area contributed by atoms with Gasteiger partial charge in [-0.2, -0.15) is 4.83 Å². The van der Waals surface area contributed by atoms with Crippen LogP contribution in [-0.4, -0.2) is 106 Å². The number of Topliss-reactive ketones (excluding diaryl/α,β-unsaturated/α-hetero) is 1. The van der Waals surface area contributed by atoms with Crippen LogP contribution in [-0.2, 0) is 14.8 Å². The summed E-state index contributed by atoms with van der Waals surface area (Å²) in [5.41, 5.74) is 5.51. The molecule has 10 rings (SSSR count). The number of nitrogens with zero attached hydrogens (tertiary/aromatic N) is 4. The molecule has 0 radical (unpaired) electrons. The SMILES string of the molecule is C.C.C.C.C.CC(C)c1cc(C(C)C)c(S(=O)(=O)NN)c(C(C)C)c1.CN=C1CN2CCC1CC2.O=C1CN2CCC1CC2.OCC1=CN2CCC1CC2. The van der Waals surface area contributed by atoms with E-state index in [2.05, 4.69) is 39.7 Å². The minimum absolute atomic E-state index is 0. The summed E-state index contributed by atoms with van der Waals surface area (Å²) >= 11 is 0. The lowest BCUT2D eigenvalue weighted by Gasteiger charge is -2.39. The van der Waals surface area contributed by atoms with Crippen molar-refractivity contribution in [3.63, 3.8) is 0 Å². The second-order valence-corrected chi connectivity index (χ2v) is 17.2. The number of benzene rings is 1. The van der Waals surface area contributed by atoms with Gasteiger partial charge in [-0.25, -0.2) is 8.42 Å². The van der Waals surface area contributed by atoms with Gasteiger partial charge < -0.3 is 10.0 Å². The molecule has 0 atom stereocenters. The third-order valence-corrected chi connectivity index (χ3v) is 12.6. The van der Waals surface area contributed by atoms with Crippen LogP contribution in [0.5, 0.6) is 0 Å². The molecule has 1 aromatic rings. The first kappa shape index (κ1) is 54.0. The number of hydrazine groups is 1. The summed E-state index contributed by atoms with van der Waals surface area (Å²) < 4.78 is 24.6. The number of aliphatic hydroxyl groups is 1. The van der Waals surface area contributed by atoms with E-state index in [4.69, 9.17) is 10.9 Å². The molecule has 9 aliphatic heterocycles. The Labute approximate surface area is 333 Å². The highest BCUT2D eigenvalue weighted by Gasteiger charge is 2.32. The molecule has 0 aliphatic carbocycles. The quantitative estimate of drug-likeness (QED) is 0.195. The first-order chi connectivity index (χ1) is 23.3. The van der Waals surface area contributed by atoms with E-state index >= 15 is 0 Å². The largest absolute Gasteiger partial charge is 0.392 e. The number of piperidine rings is 7. The molecule has 9 heterocycles. The molecule has 9 aliphatic rings. The Morgan fingerprint density at radius 2 is 1.19 bits per heavy atom. The van der Waals surface area contributed by atoms with Crippen LogP contribution in [0.4, 0.5) is 0 Å². The van der Waals surface area contributed by atoms with Crippen LogP contribution < -0.4 is 10.7 Å². The van der Waals surface area contributed by atoms with E-state index < -0.39 is 10.0 Å². The van der Waals surface area contributed by atoms with Crippen LogP contribution in [0.1, 0.15) is 152 Å². The topological polar surface area (TPSA) is 132 Å². The van der Waals surface area contributed by atoms with Crippen molar-refractivity contribution in [3.8, 4) is 0 Å². The van der Waals surface area contributed by atoms with Crippen molar-refractivity contribution in [1.29, 1.82) is 0 Å². The molecular formula is C43H84N6O4S. The van der Waals surface area contributed by atoms with Gasteiger partial charge in [0.1, 0.15) is 5.78 Å². The van der Waals surface area contributed by atoms with E-state index in [-0.39, 0.29) is 55.6 Å². The van der Waals surface area contributed by atoms with Crippen molar-refractivity contribution in [3.05, 3.63) is 40.6 Å². The number of nitrogens with two attached hydrogens (primary N) is 1. The molecule has 0 saturated carbocycles. The zero-order valence-corrected chi connectivity index (χ0v) is 32.1. The van der Waals surface area contributed by atoms with E-state index in [0.717, 1.165) is 61.6 Å². The third kappa shape index (κ3) is 13.8. The third-order valence-electron chi connectivity index (χ3n) is 11.2. The molecule has 10 nitrogen and oxygen atoms in total. The second kappa shape index (κ2) is 24.5. The molecule has 1 aromatic carbocycles. The molecule has 7 saturated heterocycles. The summed E-state index contributed by atoms with van der Waals surface area (Å²) in [4.78, 5) is 24.7. The van der Waals surface area contributed by atoms with E-state index in [1.54, 1.807) is 0 Å². The molecule has 316 valence electrons. The Bertz CT molecular complexity index is 1390. The van der Waals surface area contributed by atoms with E-state index in [9.17, 15) is 13.2 Å². The number of rotatable bonds is 6. The number of aliphatic hydroxyl groups excluding tert-OH is 1. The first-order valence-electron chi connectivity index (χ1n) is 18.7. The van der Waals surface area contributed by atoms with Crippen LogP contribution in [0.3, 0.4) is 0 Å². The summed E-state index contributed by atoms with van der Waals surface area (Å²) in [6.45, 7) is 21.7. The molecule has 54 heavy (non-hydrogen) atoms. The van der Waals surface area contributed by atoms with Gasteiger partial charge in [-0.05, 0) is 111 Å². The van der Waals surface area contributed by atoms with Crippen molar-refractivity contribution in [2.45, 2.75) is 140 Å². The predicted octanol–water partition coefficient (Wildman–Crippen LogP) is 8.04. The van der Waals surface area contributed by atoms with Gasteiger partial charge in [0.25, 0.3) is 10.0 Å². The molecule has 4 N–H and O–H groups in total. The van der Waals surface area contributed by atoms with Crippen LogP contribution in [0.2, 0.25) is 0 Å². The number of carbonyl (C=O) groups is 1. The number of aliphatic imine (C=N–C) groups is 1. The average Bonchev–Trinajstić information content (AvgIpc) is 3.13. The molecule has 6 bridgehead atoms. The number of carbonyl (C=O) groups excluding carboxylic acids is 1. The highest BCUT2D eigenvalue weighted by Crippen LogP contribution is 2.35. The summed E-state index contributed by atoms with van der Waals surface area (Å²) in [5, 5.41) is 8.92. The Hall–Kier alpha value is -2.15. The van der Waals surface area contributed by atoms with Crippen molar-refractivity contribution in [2.24, 2.45) is 28.6 Å². The van der Waals surface area contributed by atoms with Gasteiger partial charge in [0, 0.05) is 50.4 Å². The molecule has 11 heteroatoms. The van der Waals surface area contributed by atoms with Gasteiger partial charge in [0.2, 0.25) is 0 Å². The number of hydrogen-bond acceptors (Lipinski definition) is 9. The smallest absolute Gasteiger partial charge is 0.253 e. The minimum Gasteiger partial charge on any atom is -0.392 e. The maximum atomic E-state index is 12.3. The van der Waals surface area contributed by atoms with Gasteiger partial charge in [-0.15, -0.1) is 0 Å². The number of nitrogens with one attached hydrogen (secondary N) is 1. The lowest BCUT2D eigenvalue weighted by molar-refractivity contribution is -0.130. The lowest BCUT2D eigenvalue weighted by atomic mass is 9.86. The Morgan fingerprint density at radius 1 is 0.741 bits per heavy atom. The van der Waals surface area contributed by atoms with Crippen LogP contribution in [0.25, 0.3) is 0 Å². The molecule has 0 spiro atoms. The normalized spacial score (nSPS) is 24.2. The van der Waals surface area contributed by atoms with Crippen LogP contribution in [0.15, 0.2) is 33.8 Å². The van der Waals surface area contributed by atoms with E-state index in [0.29, 0.717) is 28.4 Å². The molecule has 0 amide bonds. The van der Waals surface area contributed by atoms with Gasteiger partial charge >= 0.3 is 0 Å². The first-order valence-corrected chi connectivity index (χ1v) is 20.1. The van der Waals surface area contributed by atoms with E-state index in [1.807, 2.05) is 51.7 Å². The monoisotopic (exact) mass is 781 g/mol. The zero-order chi connectivity index (χ0) is 35.9. The minimum atomic E-state index is -3.66. The highest BCUT2D eigenvalue weighted by molar-refractivity contribution is 7.89. The van der Waals surface area contributed by atoms with Crippen molar-refractivity contribution < 1.29 is 18.3 Å². The Kier molecular flexibility index (Phi) is 24.5. The van der Waals surface area contributed by atoms with Gasteiger partial charge in [-0.1, -0.05) is 90.8 Å². The molecular weight excluding hydrogens is 697 g/mol. The summed E-state index contributed by atoms with van der Waals surface area (Å²) in [5.74, 6) is 8.29. The van der Waals surface area contributed by atoms with Gasteiger partial charge in [0.15, 0.2) is 0 Å². The number of hydrogen-bond donors (Lipinski definition) is 3. The lowest BCUT2D eigenvalue weighted by Crippen LogP contribution is -2.47. The summed E-state index contributed by atoms with van der Waals surface area (Å²) in [7, 11) is -1.74. The Balaban J connectivity index is 0. The molecule has 0 aromatic heterocycles. The van der Waals surface area contributed by atoms with Gasteiger partial charge in [0.05, 0.1) is 18.0 Å². The van der Waals surface area contributed by atoms with Crippen LogP contribution in [0, 0.1) is 17.8 Å². The predicted molar refractivity (Wildman–Crippen MR) is 233 cm³/mol. The maximum absolute atomic E-state index is 12.3. The van der Waals surface area contributed by atoms with Crippen molar-refractivity contribution >= 4 is 21.5 Å². The van der Waals surface area contributed by atoms with Gasteiger partial charge in [-0.3, -0.25) is 25.4 Å². The second-order valence-electron chi connectivity index (χ2n) is 15.6. The Morgan fingerprint density at radius 3 is 1.41 bits per heavy atom. The fraction of sp³-hybridized carbons (Fsp3) is 0.767. The number of fused-ring (bicyclic) bond motifs is 8.